The maximum absolute atomic E-state index is 12.9. The van der Waals surface area contributed by atoms with Crippen molar-refractivity contribution in [3.05, 3.63) is 89.6 Å². The number of anilines is 2. The lowest BCUT2D eigenvalue weighted by Gasteiger charge is -2.21. The number of nitrogens with zero attached hydrogens (tertiary/aromatic N) is 2. The minimum atomic E-state index is -1.08. The molecule has 1 unspecified atom stereocenters. The number of benzene rings is 3. The molecule has 0 spiro atoms. The highest BCUT2D eigenvalue weighted by atomic mass is 35.5. The van der Waals surface area contributed by atoms with Crippen LogP contribution in [0.4, 0.5) is 11.4 Å². The van der Waals surface area contributed by atoms with Gasteiger partial charge in [0.05, 0.1) is 5.69 Å². The summed E-state index contributed by atoms with van der Waals surface area (Å²) in [7, 11) is -1.08. The van der Waals surface area contributed by atoms with Crippen LogP contribution in [0.15, 0.2) is 79.0 Å². The summed E-state index contributed by atoms with van der Waals surface area (Å²) in [5, 5.41) is 5.54. The van der Waals surface area contributed by atoms with Crippen LogP contribution in [-0.2, 0) is 11.0 Å². The van der Waals surface area contributed by atoms with E-state index in [0.29, 0.717) is 28.6 Å². The number of nitrogens with one attached hydrogen (secondary N) is 1. The van der Waals surface area contributed by atoms with Crippen molar-refractivity contribution in [1.29, 1.82) is 0 Å². The highest BCUT2D eigenvalue weighted by Crippen LogP contribution is 2.31. The molecule has 3 aromatic carbocycles. The Labute approximate surface area is 207 Å². The largest absolute Gasteiger partial charge is 0.322 e. The number of halogens is 1. The number of fused-ring (bicyclic) bond motifs is 1. The van der Waals surface area contributed by atoms with Gasteiger partial charge in [-0.3, -0.25) is 14.1 Å². The molecule has 0 bridgehead atoms. The second kappa shape index (κ2) is 10.8. The summed E-state index contributed by atoms with van der Waals surface area (Å²) in [5.41, 5.74) is 3.56. The normalized spacial score (nSPS) is 11.9. The molecule has 0 fully saturated rings. The second-order valence-corrected chi connectivity index (χ2v) is 9.76. The van der Waals surface area contributed by atoms with Gasteiger partial charge in [-0.1, -0.05) is 42.8 Å². The molecular weight excluding hydrogens is 466 g/mol. The molecule has 0 radical (unpaired) electrons. The first-order valence-corrected chi connectivity index (χ1v) is 12.9. The van der Waals surface area contributed by atoms with Gasteiger partial charge in [0.25, 0.3) is 5.91 Å². The molecule has 0 aliphatic heterocycles. The third kappa shape index (κ3) is 5.29. The molecule has 34 heavy (non-hydrogen) atoms. The van der Waals surface area contributed by atoms with Crippen molar-refractivity contribution >= 4 is 50.6 Å². The zero-order chi connectivity index (χ0) is 24.1. The Balaban J connectivity index is 1.57. The van der Waals surface area contributed by atoms with Crippen molar-refractivity contribution in [3.8, 4) is 11.3 Å². The van der Waals surface area contributed by atoms with Crippen LogP contribution in [-0.4, -0.2) is 27.4 Å². The molecule has 4 aromatic rings. The average Bonchev–Trinajstić information content (AvgIpc) is 2.84. The van der Waals surface area contributed by atoms with Gasteiger partial charge >= 0.3 is 0 Å². The zero-order valence-corrected chi connectivity index (χ0v) is 20.7. The Kier molecular flexibility index (Phi) is 7.60. The monoisotopic (exact) mass is 491 g/mol. The molecule has 0 aliphatic rings. The molecule has 1 amide bonds. The average molecular weight is 492 g/mol. The second-order valence-electron chi connectivity index (χ2n) is 7.83. The Hall–Kier alpha value is -3.22. The van der Waals surface area contributed by atoms with E-state index in [-0.39, 0.29) is 5.91 Å². The molecule has 1 N–H and O–H groups in total. The summed E-state index contributed by atoms with van der Waals surface area (Å²) in [5.74, 6) is 0.363. The first-order valence-electron chi connectivity index (χ1n) is 11.2. The molecule has 0 saturated carbocycles. The van der Waals surface area contributed by atoms with E-state index in [4.69, 9.17) is 11.6 Å². The van der Waals surface area contributed by atoms with Crippen LogP contribution in [0.25, 0.3) is 22.0 Å². The lowest BCUT2D eigenvalue weighted by Crippen LogP contribution is -2.27. The Bertz CT molecular complexity index is 1340. The van der Waals surface area contributed by atoms with Crippen molar-refractivity contribution in [2.24, 2.45) is 0 Å². The third-order valence-corrected chi connectivity index (χ3v) is 7.37. The van der Waals surface area contributed by atoms with E-state index in [9.17, 15) is 9.00 Å². The highest BCUT2D eigenvalue weighted by molar-refractivity contribution is 7.86. The fourth-order valence-electron chi connectivity index (χ4n) is 3.86. The van der Waals surface area contributed by atoms with Crippen molar-refractivity contribution < 1.29 is 9.00 Å². The van der Waals surface area contributed by atoms with Crippen LogP contribution < -0.4 is 9.62 Å². The van der Waals surface area contributed by atoms with Crippen LogP contribution in [0.3, 0.4) is 0 Å². The molecular formula is C27H26ClN3O2S. The number of amides is 1. The van der Waals surface area contributed by atoms with Gasteiger partial charge in [0.1, 0.15) is 11.0 Å². The predicted octanol–water partition coefficient (Wildman–Crippen LogP) is 6.71. The van der Waals surface area contributed by atoms with E-state index < -0.39 is 11.0 Å². The highest BCUT2D eigenvalue weighted by Gasteiger charge is 2.14. The van der Waals surface area contributed by atoms with Crippen LogP contribution in [0.5, 0.6) is 0 Å². The zero-order valence-electron chi connectivity index (χ0n) is 19.1. The quantitative estimate of drug-likeness (QED) is 0.298. The molecule has 0 aliphatic carbocycles. The smallest absolute Gasteiger partial charge is 0.255 e. The number of pyridine rings is 1. The minimum absolute atomic E-state index is 0.247. The summed E-state index contributed by atoms with van der Waals surface area (Å²) in [6.45, 7) is 4.61. The first kappa shape index (κ1) is 23.9. The van der Waals surface area contributed by atoms with E-state index in [1.54, 1.807) is 24.4 Å². The maximum atomic E-state index is 12.9. The summed E-state index contributed by atoms with van der Waals surface area (Å²) >= 11 is 6.39. The molecule has 174 valence electrons. The van der Waals surface area contributed by atoms with E-state index >= 15 is 0 Å². The Morgan fingerprint density at radius 2 is 1.79 bits per heavy atom. The molecule has 1 heterocycles. The molecule has 1 atom stereocenters. The summed E-state index contributed by atoms with van der Waals surface area (Å²) < 4.78 is 14.3. The van der Waals surface area contributed by atoms with Gasteiger partial charge in [-0.05, 0) is 67.3 Å². The topological polar surface area (TPSA) is 62.3 Å². The fourth-order valence-corrected chi connectivity index (χ4v) is 5.31. The van der Waals surface area contributed by atoms with Gasteiger partial charge in [-0.25, -0.2) is 4.21 Å². The van der Waals surface area contributed by atoms with Crippen LogP contribution in [0.2, 0.25) is 5.02 Å². The maximum Gasteiger partial charge on any atom is 0.255 e. The van der Waals surface area contributed by atoms with Gasteiger partial charge < -0.3 is 5.32 Å². The van der Waals surface area contributed by atoms with Gasteiger partial charge in [0.15, 0.2) is 0 Å². The number of hydrogen-bond donors (Lipinski definition) is 1. The fraction of sp³-hybridized carbons (Fsp3) is 0.185. The van der Waals surface area contributed by atoms with E-state index in [1.165, 1.54) is 0 Å². The molecule has 1 aromatic heterocycles. The van der Waals surface area contributed by atoms with E-state index in [1.807, 2.05) is 72.7 Å². The SMILES string of the molecule is CCCS(=O)N(CC)c1ccc(C(=O)Nc2cc(Cl)cc(-c3nccc4ccccc34)c2)cc1. The molecule has 7 heteroatoms. The van der Waals surface area contributed by atoms with Gasteiger partial charge in [-0.15, -0.1) is 0 Å². The third-order valence-electron chi connectivity index (χ3n) is 5.43. The van der Waals surface area contributed by atoms with Gasteiger partial charge in [-0.2, -0.15) is 0 Å². The van der Waals surface area contributed by atoms with E-state index in [2.05, 4.69) is 10.3 Å². The lowest BCUT2D eigenvalue weighted by molar-refractivity contribution is 0.102. The summed E-state index contributed by atoms with van der Waals surface area (Å²) in [6, 6.07) is 22.6. The van der Waals surface area contributed by atoms with Crippen molar-refractivity contribution in [3.63, 3.8) is 0 Å². The lowest BCUT2D eigenvalue weighted by atomic mass is 10.0. The summed E-state index contributed by atoms with van der Waals surface area (Å²) in [4.78, 5) is 17.5. The Morgan fingerprint density at radius 3 is 2.53 bits per heavy atom. The van der Waals surface area contributed by atoms with Gasteiger partial charge in [0, 0.05) is 51.4 Å². The molecule has 4 rings (SSSR count). The Morgan fingerprint density at radius 1 is 1.03 bits per heavy atom. The van der Waals surface area contributed by atoms with Crippen molar-refractivity contribution in [1.82, 2.24) is 4.98 Å². The molecule has 5 nitrogen and oxygen atoms in total. The van der Waals surface area contributed by atoms with Crippen LogP contribution in [0, 0.1) is 0 Å². The number of carbonyl (C=O) groups excluding carboxylic acids is 1. The number of hydrogen-bond acceptors (Lipinski definition) is 3. The van der Waals surface area contributed by atoms with Crippen molar-refractivity contribution in [2.75, 3.05) is 21.9 Å². The minimum Gasteiger partial charge on any atom is -0.322 e. The van der Waals surface area contributed by atoms with E-state index in [0.717, 1.165) is 34.1 Å². The van der Waals surface area contributed by atoms with Crippen LogP contribution >= 0.6 is 11.6 Å². The number of carbonyl (C=O) groups is 1. The predicted molar refractivity (Wildman–Crippen MR) is 143 cm³/mol. The summed E-state index contributed by atoms with van der Waals surface area (Å²) in [6.07, 6.45) is 2.62. The number of rotatable bonds is 8. The standard InChI is InChI=1S/C27H26ClN3O2S/c1-3-15-34(33)31(4-2)24-11-9-20(10-12-24)27(32)30-23-17-21(16-22(28)18-23)26-25-8-6-5-7-19(25)13-14-29-26/h5-14,16-18H,3-4,15H2,1-2H3,(H,30,32). The first-order chi connectivity index (χ1) is 16.5. The molecule has 0 saturated heterocycles. The van der Waals surface area contributed by atoms with Crippen molar-refractivity contribution in [2.45, 2.75) is 20.3 Å². The van der Waals surface area contributed by atoms with Crippen LogP contribution in [0.1, 0.15) is 30.6 Å². The van der Waals surface area contributed by atoms with Gasteiger partial charge in [0.2, 0.25) is 0 Å². The number of aromatic nitrogens is 1.